The zero-order chi connectivity index (χ0) is 7.56. The molecule has 0 aromatic carbocycles. The molecule has 11 heavy (non-hydrogen) atoms. The van der Waals surface area contributed by atoms with Gasteiger partial charge in [0.2, 0.25) is 0 Å². The van der Waals surface area contributed by atoms with Gasteiger partial charge in [0, 0.05) is 26.0 Å². The van der Waals surface area contributed by atoms with E-state index < -0.39 is 0 Å². The molecule has 0 saturated carbocycles. The summed E-state index contributed by atoms with van der Waals surface area (Å²) in [7, 11) is 3.99. The van der Waals surface area contributed by atoms with Crippen LogP contribution in [0, 0.1) is 11.3 Å². The van der Waals surface area contributed by atoms with Crippen LogP contribution in [0.2, 0.25) is 0 Å². The summed E-state index contributed by atoms with van der Waals surface area (Å²) in [5.41, 5.74) is 1.10. The van der Waals surface area contributed by atoms with Crippen molar-refractivity contribution in [1.82, 2.24) is 9.80 Å². The molecule has 0 bridgehead atoms. The Hall–Kier alpha value is -0.440. The Labute approximate surface area is 84.3 Å². The fourth-order valence-electron chi connectivity index (χ4n) is 1.08. The Morgan fingerprint density at radius 2 is 2.27 bits per heavy atom. The summed E-state index contributed by atoms with van der Waals surface area (Å²) in [5.74, 6) is 0. The first-order valence-electron chi connectivity index (χ1n) is 3.23. The van der Waals surface area contributed by atoms with Crippen molar-refractivity contribution in [1.29, 1.82) is 5.26 Å². The van der Waals surface area contributed by atoms with Crippen LogP contribution >= 0.6 is 24.0 Å². The zero-order valence-corrected chi connectivity index (χ0v) is 9.07. The molecule has 0 amide bonds. The first-order valence-corrected chi connectivity index (χ1v) is 3.23. The summed E-state index contributed by atoms with van der Waals surface area (Å²) in [4.78, 5) is 4.13. The predicted octanol–water partition coefficient (Wildman–Crippen LogP) is 1.19. The lowest BCUT2D eigenvalue weighted by molar-refractivity contribution is 0.325. The Bertz CT molecular complexity index is 194. The van der Waals surface area contributed by atoms with E-state index >= 15 is 0 Å². The highest BCUT2D eigenvalue weighted by Crippen LogP contribution is 2.13. The molecule has 62 valence electrons. The third-order valence-electron chi connectivity index (χ3n) is 1.56. The topological polar surface area (TPSA) is 30.3 Å². The number of rotatable bonds is 1. The van der Waals surface area contributed by atoms with Crippen LogP contribution in [0.15, 0.2) is 11.9 Å². The largest absolute Gasteiger partial charge is 0.361 e. The second-order valence-corrected chi connectivity index (χ2v) is 2.55. The van der Waals surface area contributed by atoms with Gasteiger partial charge in [-0.3, -0.25) is 0 Å². The zero-order valence-electron chi connectivity index (χ0n) is 6.74. The lowest BCUT2D eigenvalue weighted by Gasteiger charge is -2.14. The molecule has 4 heteroatoms. The summed E-state index contributed by atoms with van der Waals surface area (Å²) >= 11 is 0. The minimum atomic E-state index is 0. The van der Waals surface area contributed by atoms with E-state index in [4.69, 9.17) is 5.26 Å². The maximum absolute atomic E-state index is 8.39. The molecule has 0 aliphatic carbocycles. The maximum atomic E-state index is 8.39. The highest BCUT2D eigenvalue weighted by atomic mass is 127. The average Bonchev–Trinajstić information content (AvgIpc) is 2.13. The van der Waals surface area contributed by atoms with E-state index in [0.717, 1.165) is 12.4 Å². The second kappa shape index (κ2) is 4.44. The normalized spacial score (nSPS) is 15.5. The molecule has 3 nitrogen and oxygen atoms in total. The number of nitrogens with zero attached hydrogens (tertiary/aromatic N) is 3. The van der Waals surface area contributed by atoms with Gasteiger partial charge in [0.25, 0.3) is 0 Å². The lowest BCUT2D eigenvalue weighted by Crippen LogP contribution is -2.20. The predicted molar refractivity (Wildman–Crippen MR) is 54.1 cm³/mol. The van der Waals surface area contributed by atoms with E-state index in [2.05, 4.69) is 15.9 Å². The molecule has 1 aliphatic heterocycles. The van der Waals surface area contributed by atoms with E-state index in [1.165, 1.54) is 0 Å². The first-order chi connectivity index (χ1) is 4.74. The fourth-order valence-corrected chi connectivity index (χ4v) is 1.08. The molecule has 0 unspecified atom stereocenters. The van der Waals surface area contributed by atoms with Crippen LogP contribution in [-0.4, -0.2) is 30.6 Å². The molecule has 0 saturated heterocycles. The van der Waals surface area contributed by atoms with Crippen molar-refractivity contribution in [2.24, 2.45) is 0 Å². The van der Waals surface area contributed by atoms with Crippen molar-refractivity contribution in [3.8, 4) is 6.07 Å². The Morgan fingerprint density at radius 1 is 1.64 bits per heavy atom. The van der Waals surface area contributed by atoms with Gasteiger partial charge in [-0.05, 0) is 0 Å². The molecule has 1 rings (SSSR count). The quantitative estimate of drug-likeness (QED) is 0.667. The fraction of sp³-hybridized carbons (Fsp3) is 0.571. The molecular weight excluding hydrogens is 253 g/mol. The minimum absolute atomic E-state index is 0. The van der Waals surface area contributed by atoms with Gasteiger partial charge in [-0.25, -0.2) is 0 Å². The van der Waals surface area contributed by atoms with Gasteiger partial charge in [0.05, 0.1) is 19.2 Å². The van der Waals surface area contributed by atoms with Crippen LogP contribution in [0.25, 0.3) is 0 Å². The third kappa shape index (κ3) is 2.58. The molecule has 0 spiro atoms. The van der Waals surface area contributed by atoms with Crippen molar-refractivity contribution in [3.63, 3.8) is 0 Å². The molecule has 1 heterocycles. The number of allylic oxidation sites excluding steroid dienone is 1. The van der Waals surface area contributed by atoms with Gasteiger partial charge in [0.1, 0.15) is 0 Å². The van der Waals surface area contributed by atoms with Crippen molar-refractivity contribution in [2.75, 3.05) is 20.8 Å². The van der Waals surface area contributed by atoms with Gasteiger partial charge in [-0.2, -0.15) is 5.26 Å². The second-order valence-electron chi connectivity index (χ2n) is 2.55. The summed E-state index contributed by atoms with van der Waals surface area (Å²) in [5, 5.41) is 8.39. The summed E-state index contributed by atoms with van der Waals surface area (Å²) in [6.45, 7) is 0.900. The molecule has 0 aromatic heterocycles. The number of halogens is 1. The van der Waals surface area contributed by atoms with Crippen LogP contribution in [0.5, 0.6) is 0 Å². The molecular formula is C7H12IN3. The van der Waals surface area contributed by atoms with Crippen molar-refractivity contribution in [2.45, 2.75) is 6.42 Å². The summed E-state index contributed by atoms with van der Waals surface area (Å²) in [6.07, 6.45) is 2.52. The number of hydrogen-bond acceptors (Lipinski definition) is 3. The molecule has 0 atom stereocenters. The van der Waals surface area contributed by atoms with E-state index in [-0.39, 0.29) is 24.0 Å². The van der Waals surface area contributed by atoms with Crippen molar-refractivity contribution < 1.29 is 0 Å². The monoisotopic (exact) mass is 265 g/mol. The average molecular weight is 265 g/mol. The minimum Gasteiger partial charge on any atom is -0.361 e. The van der Waals surface area contributed by atoms with Crippen LogP contribution < -0.4 is 0 Å². The van der Waals surface area contributed by atoms with Crippen LogP contribution in [0.4, 0.5) is 0 Å². The standard InChI is InChI=1S/C7H11N3.HI/c1-9-5-7(3-4-8)10(2)6-9;/h5H,3,6H2,1-2H3;1H. The summed E-state index contributed by atoms with van der Waals surface area (Å²) < 4.78 is 0. The lowest BCUT2D eigenvalue weighted by atomic mass is 10.3. The van der Waals surface area contributed by atoms with Crippen molar-refractivity contribution >= 4 is 24.0 Å². The SMILES string of the molecule is CN1C=C(CC#N)N(C)C1.I. The van der Waals surface area contributed by atoms with Gasteiger partial charge in [-0.15, -0.1) is 24.0 Å². The number of hydrogen-bond donors (Lipinski definition) is 0. The smallest absolute Gasteiger partial charge is 0.0890 e. The van der Waals surface area contributed by atoms with E-state index in [1.54, 1.807) is 0 Å². The van der Waals surface area contributed by atoms with Gasteiger partial charge in [0.15, 0.2) is 0 Å². The van der Waals surface area contributed by atoms with Gasteiger partial charge < -0.3 is 9.80 Å². The van der Waals surface area contributed by atoms with Crippen LogP contribution in [0.3, 0.4) is 0 Å². The first kappa shape index (κ1) is 10.6. The molecule has 1 aliphatic rings. The van der Waals surface area contributed by atoms with Crippen LogP contribution in [-0.2, 0) is 0 Å². The number of nitriles is 1. The van der Waals surface area contributed by atoms with Gasteiger partial charge >= 0.3 is 0 Å². The Morgan fingerprint density at radius 3 is 2.64 bits per heavy atom. The molecule has 0 N–H and O–H groups in total. The van der Waals surface area contributed by atoms with Gasteiger partial charge in [-0.1, -0.05) is 0 Å². The molecule has 0 fully saturated rings. The molecule has 0 radical (unpaired) electrons. The maximum Gasteiger partial charge on any atom is 0.0890 e. The van der Waals surface area contributed by atoms with E-state index in [1.807, 2.05) is 20.3 Å². The Balaban J connectivity index is 0.000001000. The third-order valence-corrected chi connectivity index (χ3v) is 1.56. The molecule has 0 aromatic rings. The van der Waals surface area contributed by atoms with E-state index in [9.17, 15) is 0 Å². The van der Waals surface area contributed by atoms with E-state index in [0.29, 0.717) is 6.42 Å². The summed E-state index contributed by atoms with van der Waals surface area (Å²) in [6, 6.07) is 2.12. The van der Waals surface area contributed by atoms with Crippen LogP contribution in [0.1, 0.15) is 6.42 Å². The highest BCUT2D eigenvalue weighted by Gasteiger charge is 2.12. The Kier molecular flexibility index (Phi) is 4.26. The van der Waals surface area contributed by atoms with Crippen molar-refractivity contribution in [3.05, 3.63) is 11.9 Å². The highest BCUT2D eigenvalue weighted by molar-refractivity contribution is 14.0.